The fourth-order valence-electron chi connectivity index (χ4n) is 4.14. The number of aromatic nitrogens is 2. The van der Waals surface area contributed by atoms with E-state index in [1.807, 2.05) is 36.4 Å². The minimum Gasteiger partial charge on any atom is -0.361 e. The predicted molar refractivity (Wildman–Crippen MR) is 122 cm³/mol. The molecule has 2 aromatic heterocycles. The van der Waals surface area contributed by atoms with Crippen LogP contribution in [0.25, 0.3) is 21.3 Å². The minimum absolute atomic E-state index is 0.414. The highest BCUT2D eigenvalue weighted by molar-refractivity contribution is 7.19. The van der Waals surface area contributed by atoms with Crippen molar-refractivity contribution in [2.45, 2.75) is 12.5 Å². The Hall–Kier alpha value is -2.76. The lowest BCUT2D eigenvalue weighted by molar-refractivity contribution is 0.296. The highest BCUT2D eigenvalue weighted by Crippen LogP contribution is 2.39. The molecule has 0 radical (unpaired) electrons. The van der Waals surface area contributed by atoms with E-state index in [1.165, 1.54) is 26.1 Å². The summed E-state index contributed by atoms with van der Waals surface area (Å²) in [6.45, 7) is 2.02. The van der Waals surface area contributed by atoms with Gasteiger partial charge in [0.2, 0.25) is 0 Å². The molecule has 4 nitrogen and oxygen atoms in total. The Bertz CT molecular complexity index is 1130. The van der Waals surface area contributed by atoms with Gasteiger partial charge in [0, 0.05) is 48.2 Å². The topological polar surface area (TPSA) is 32.3 Å². The number of hydrogen-bond donors (Lipinski definition) is 0. The van der Waals surface area contributed by atoms with Crippen LogP contribution in [0, 0.1) is 0 Å². The highest BCUT2D eigenvalue weighted by Gasteiger charge is 2.26. The molecule has 0 spiro atoms. The first-order valence-corrected chi connectivity index (χ1v) is 10.7. The maximum atomic E-state index is 4.44. The fraction of sp³-hybridized carbons (Fsp3) is 0.250. The molecule has 2 aromatic carbocycles. The number of thiophene rings is 1. The highest BCUT2D eigenvalue weighted by atomic mass is 32.1. The van der Waals surface area contributed by atoms with E-state index in [2.05, 4.69) is 76.7 Å². The number of benzene rings is 2. The number of hydrogen-bond acceptors (Lipinski definition) is 5. The summed E-state index contributed by atoms with van der Waals surface area (Å²) in [6, 6.07) is 21.9. The van der Waals surface area contributed by atoms with Gasteiger partial charge in [-0.1, -0.05) is 30.3 Å². The minimum atomic E-state index is 0.414. The lowest BCUT2D eigenvalue weighted by atomic mass is 9.87. The molecule has 0 saturated carbocycles. The van der Waals surface area contributed by atoms with Crippen molar-refractivity contribution in [1.29, 1.82) is 0 Å². The van der Waals surface area contributed by atoms with Crippen LogP contribution in [0.1, 0.15) is 21.9 Å². The fourth-order valence-corrected chi connectivity index (χ4v) is 5.32. The summed E-state index contributed by atoms with van der Waals surface area (Å²) >= 11 is 1.92. The lowest BCUT2D eigenvalue weighted by Crippen LogP contribution is -2.30. The average Bonchev–Trinajstić information content (AvgIpc) is 3.17. The van der Waals surface area contributed by atoms with Crippen LogP contribution in [-0.4, -0.2) is 42.8 Å². The number of fused-ring (bicyclic) bond motifs is 2. The number of rotatable bonds is 3. The van der Waals surface area contributed by atoms with Crippen LogP contribution in [-0.2, 0) is 6.54 Å². The van der Waals surface area contributed by atoms with E-state index in [4.69, 9.17) is 0 Å². The van der Waals surface area contributed by atoms with Gasteiger partial charge in [-0.2, -0.15) is 0 Å². The van der Waals surface area contributed by atoms with Gasteiger partial charge >= 0.3 is 0 Å². The van der Waals surface area contributed by atoms with Crippen LogP contribution in [0.15, 0.2) is 60.7 Å². The number of nitrogens with zero attached hydrogens (tertiary/aromatic N) is 4. The zero-order valence-corrected chi connectivity index (χ0v) is 17.8. The first-order chi connectivity index (χ1) is 14.1. The van der Waals surface area contributed by atoms with Crippen LogP contribution in [0.4, 0.5) is 5.82 Å². The molecule has 0 bridgehead atoms. The molecule has 0 amide bonds. The van der Waals surface area contributed by atoms with E-state index in [-0.39, 0.29) is 0 Å². The van der Waals surface area contributed by atoms with Crippen LogP contribution >= 0.6 is 11.3 Å². The van der Waals surface area contributed by atoms with Crippen molar-refractivity contribution < 1.29 is 0 Å². The zero-order valence-electron chi connectivity index (χ0n) is 17.0. The average molecular weight is 401 g/mol. The molecule has 4 aromatic rings. The Morgan fingerprint density at radius 2 is 1.86 bits per heavy atom. The third kappa shape index (κ3) is 3.41. The van der Waals surface area contributed by atoms with Gasteiger partial charge in [-0.05, 0) is 53.9 Å². The normalized spacial score (nSPS) is 16.7. The summed E-state index contributed by atoms with van der Waals surface area (Å²) in [5.74, 6) is 1.29. The summed E-state index contributed by atoms with van der Waals surface area (Å²) in [5.41, 5.74) is 4.88. The van der Waals surface area contributed by atoms with Crippen molar-refractivity contribution in [2.24, 2.45) is 0 Å². The van der Waals surface area contributed by atoms with E-state index in [1.54, 1.807) is 0 Å². The van der Waals surface area contributed by atoms with Crippen molar-refractivity contribution in [3.8, 4) is 11.3 Å². The Labute approximate surface area is 175 Å². The second kappa shape index (κ2) is 7.25. The lowest BCUT2D eigenvalue weighted by Gasteiger charge is -2.32. The van der Waals surface area contributed by atoms with Gasteiger partial charge in [0.05, 0.1) is 5.69 Å². The summed E-state index contributed by atoms with van der Waals surface area (Å²) in [5, 5.41) is 10.1. The van der Waals surface area contributed by atoms with Crippen LogP contribution in [0.3, 0.4) is 0 Å². The van der Waals surface area contributed by atoms with Crippen LogP contribution in [0.2, 0.25) is 0 Å². The van der Waals surface area contributed by atoms with Crippen LogP contribution < -0.4 is 4.90 Å². The molecule has 1 unspecified atom stereocenters. The molecule has 0 N–H and O–H groups in total. The van der Waals surface area contributed by atoms with Gasteiger partial charge < -0.3 is 9.80 Å². The third-order valence-corrected chi connectivity index (χ3v) is 6.88. The molecule has 3 heterocycles. The van der Waals surface area contributed by atoms with Gasteiger partial charge in [0.25, 0.3) is 0 Å². The second-order valence-corrected chi connectivity index (χ2v) is 9.14. The molecule has 29 heavy (non-hydrogen) atoms. The summed E-state index contributed by atoms with van der Waals surface area (Å²) < 4.78 is 1.37. The molecular formula is C24H24N4S. The first-order valence-electron chi connectivity index (χ1n) is 9.90. The van der Waals surface area contributed by atoms with E-state index >= 15 is 0 Å². The Balaban J connectivity index is 1.53. The molecule has 0 saturated heterocycles. The smallest absolute Gasteiger partial charge is 0.150 e. The zero-order chi connectivity index (χ0) is 20.0. The molecule has 0 aliphatic carbocycles. The summed E-state index contributed by atoms with van der Waals surface area (Å²) in [7, 11) is 6.17. The third-order valence-electron chi connectivity index (χ3n) is 5.65. The van der Waals surface area contributed by atoms with Crippen molar-refractivity contribution in [3.63, 3.8) is 0 Å². The molecule has 1 aliphatic heterocycles. The van der Waals surface area contributed by atoms with Gasteiger partial charge in [-0.15, -0.1) is 21.5 Å². The summed E-state index contributed by atoms with van der Waals surface area (Å²) in [6.07, 6.45) is 0. The largest absolute Gasteiger partial charge is 0.361 e. The Kier molecular flexibility index (Phi) is 4.57. The monoisotopic (exact) mass is 400 g/mol. The van der Waals surface area contributed by atoms with Crippen molar-refractivity contribution >= 4 is 27.2 Å². The van der Waals surface area contributed by atoms with Gasteiger partial charge in [0.1, 0.15) is 0 Å². The second-order valence-electron chi connectivity index (χ2n) is 8.02. The van der Waals surface area contributed by atoms with E-state index in [9.17, 15) is 0 Å². The molecule has 0 fully saturated rings. The molecular weight excluding hydrogens is 376 g/mol. The molecule has 5 heteroatoms. The van der Waals surface area contributed by atoms with Crippen molar-refractivity contribution in [2.75, 3.05) is 32.6 Å². The van der Waals surface area contributed by atoms with Gasteiger partial charge in [-0.25, -0.2) is 0 Å². The molecule has 146 valence electrons. The molecule has 1 aliphatic rings. The van der Waals surface area contributed by atoms with E-state index in [0.717, 1.165) is 30.2 Å². The molecule has 5 rings (SSSR count). The van der Waals surface area contributed by atoms with E-state index < -0.39 is 0 Å². The molecule has 1 atom stereocenters. The number of anilines is 1. The van der Waals surface area contributed by atoms with Crippen molar-refractivity contribution in [1.82, 2.24) is 15.1 Å². The standard InChI is InChI=1S/C24H24N4S/c1-27(2)24-11-10-21(25-26-24)16-8-9-19-18(12-16)14-28(3)15-20(19)23-13-17-6-4-5-7-22(17)29-23/h4-13,20H,14-15H2,1-3H3. The Morgan fingerprint density at radius 1 is 1.00 bits per heavy atom. The van der Waals surface area contributed by atoms with E-state index in [0.29, 0.717) is 5.92 Å². The number of likely N-dealkylation sites (N-methyl/N-ethyl adjacent to an activating group) is 1. The van der Waals surface area contributed by atoms with Gasteiger partial charge in [-0.3, -0.25) is 0 Å². The first kappa shape index (κ1) is 18.3. The predicted octanol–water partition coefficient (Wildman–Crippen LogP) is 5.00. The quantitative estimate of drug-likeness (QED) is 0.484. The summed E-state index contributed by atoms with van der Waals surface area (Å²) in [4.78, 5) is 5.83. The maximum Gasteiger partial charge on any atom is 0.150 e. The maximum absolute atomic E-state index is 4.44. The van der Waals surface area contributed by atoms with Gasteiger partial charge in [0.15, 0.2) is 5.82 Å². The SMILES string of the molecule is CN1Cc2cc(-c3ccc(N(C)C)nn3)ccc2C(c2cc3ccccc3s2)C1. The van der Waals surface area contributed by atoms with Crippen molar-refractivity contribution in [3.05, 3.63) is 76.7 Å². The Morgan fingerprint density at radius 3 is 2.62 bits per heavy atom. The van der Waals surface area contributed by atoms with Crippen LogP contribution in [0.5, 0.6) is 0 Å².